The van der Waals surface area contributed by atoms with E-state index in [0.717, 1.165) is 32.2 Å². The topological polar surface area (TPSA) is 69.9 Å². The van der Waals surface area contributed by atoms with Gasteiger partial charge in [0.25, 0.3) is 0 Å². The Morgan fingerprint density at radius 1 is 1.00 bits per heavy atom. The van der Waals surface area contributed by atoms with Crippen molar-refractivity contribution in [3.05, 3.63) is 0 Å². The van der Waals surface area contributed by atoms with Gasteiger partial charge in [0.15, 0.2) is 0 Å². The number of amides is 3. The quantitative estimate of drug-likeness (QED) is 0.810. The molecule has 120 valence electrons. The average molecular weight is 296 g/mol. The Kier molecular flexibility index (Phi) is 5.45. The molecule has 0 atom stereocenters. The molecule has 2 aliphatic rings. The summed E-state index contributed by atoms with van der Waals surface area (Å²) < 4.78 is 0. The van der Waals surface area contributed by atoms with Crippen molar-refractivity contribution in [1.82, 2.24) is 14.7 Å². The first-order valence-electron chi connectivity index (χ1n) is 7.98. The molecular formula is C15H28N4O2. The number of nitrogens with zero attached hydrogens (tertiary/aromatic N) is 3. The molecule has 1 heterocycles. The number of nitrogens with two attached hydrogens (primary N) is 1. The summed E-state index contributed by atoms with van der Waals surface area (Å²) >= 11 is 0. The van der Waals surface area contributed by atoms with Crippen LogP contribution in [0.4, 0.5) is 4.79 Å². The van der Waals surface area contributed by atoms with Crippen molar-refractivity contribution >= 4 is 11.9 Å². The van der Waals surface area contributed by atoms with Crippen LogP contribution in [0.3, 0.4) is 0 Å². The van der Waals surface area contributed by atoms with Crippen molar-refractivity contribution in [1.29, 1.82) is 0 Å². The molecule has 0 radical (unpaired) electrons. The fraction of sp³-hybridized carbons (Fsp3) is 0.867. The van der Waals surface area contributed by atoms with Crippen molar-refractivity contribution < 1.29 is 9.59 Å². The van der Waals surface area contributed by atoms with Crippen LogP contribution < -0.4 is 5.73 Å². The Morgan fingerprint density at radius 3 is 2.00 bits per heavy atom. The van der Waals surface area contributed by atoms with Crippen LogP contribution in [-0.2, 0) is 4.79 Å². The molecule has 21 heavy (non-hydrogen) atoms. The van der Waals surface area contributed by atoms with E-state index >= 15 is 0 Å². The van der Waals surface area contributed by atoms with E-state index in [2.05, 4.69) is 0 Å². The number of hydrogen-bond acceptors (Lipinski definition) is 3. The molecular weight excluding hydrogens is 268 g/mol. The number of carbonyl (C=O) groups is 2. The molecule has 0 aromatic carbocycles. The van der Waals surface area contributed by atoms with E-state index < -0.39 is 0 Å². The van der Waals surface area contributed by atoms with E-state index in [1.165, 1.54) is 0 Å². The highest BCUT2D eigenvalue weighted by Crippen LogP contribution is 2.29. The SMILES string of the molecule is CN(C)C(=O)N1CCN(C(=O)C2CCC(CN)CC2)CC1. The van der Waals surface area contributed by atoms with Gasteiger partial charge in [-0.3, -0.25) is 4.79 Å². The van der Waals surface area contributed by atoms with Crippen LogP contribution in [0.1, 0.15) is 25.7 Å². The summed E-state index contributed by atoms with van der Waals surface area (Å²) in [5.74, 6) is 1.05. The zero-order chi connectivity index (χ0) is 15.4. The lowest BCUT2D eigenvalue weighted by molar-refractivity contribution is -0.138. The van der Waals surface area contributed by atoms with Gasteiger partial charge in [0.05, 0.1) is 0 Å². The van der Waals surface area contributed by atoms with Gasteiger partial charge in [-0.2, -0.15) is 0 Å². The highest BCUT2D eigenvalue weighted by molar-refractivity contribution is 5.79. The average Bonchev–Trinajstić information content (AvgIpc) is 2.53. The van der Waals surface area contributed by atoms with Gasteiger partial charge >= 0.3 is 6.03 Å². The Morgan fingerprint density at radius 2 is 1.52 bits per heavy atom. The maximum absolute atomic E-state index is 12.5. The van der Waals surface area contributed by atoms with Gasteiger partial charge in [-0.05, 0) is 38.1 Å². The molecule has 3 amide bonds. The molecule has 1 aliphatic heterocycles. The number of carbonyl (C=O) groups excluding carboxylic acids is 2. The standard InChI is InChI=1S/C15H28N4O2/c1-17(2)15(21)19-9-7-18(8-10-19)14(20)13-5-3-12(11-16)4-6-13/h12-13H,3-11,16H2,1-2H3. The first kappa shape index (κ1) is 16.1. The molecule has 2 fully saturated rings. The Balaban J connectivity index is 1.79. The zero-order valence-corrected chi connectivity index (χ0v) is 13.3. The van der Waals surface area contributed by atoms with E-state index in [9.17, 15) is 9.59 Å². The summed E-state index contributed by atoms with van der Waals surface area (Å²) in [7, 11) is 3.52. The second kappa shape index (κ2) is 7.11. The molecule has 0 aromatic heterocycles. The number of rotatable bonds is 2. The first-order chi connectivity index (χ1) is 10.0. The summed E-state index contributed by atoms with van der Waals surface area (Å²) in [6.07, 6.45) is 4.09. The Hall–Kier alpha value is -1.30. The normalized spacial score (nSPS) is 26.6. The maximum Gasteiger partial charge on any atom is 0.319 e. The number of hydrogen-bond donors (Lipinski definition) is 1. The van der Waals surface area contributed by atoms with E-state index in [1.54, 1.807) is 19.0 Å². The molecule has 0 unspecified atom stereocenters. The summed E-state index contributed by atoms with van der Waals surface area (Å²) in [5, 5.41) is 0. The van der Waals surface area contributed by atoms with Gasteiger partial charge in [-0.15, -0.1) is 0 Å². The van der Waals surface area contributed by atoms with Crippen LogP contribution in [0.2, 0.25) is 0 Å². The predicted molar refractivity (Wildman–Crippen MR) is 81.7 cm³/mol. The molecule has 6 heteroatoms. The van der Waals surface area contributed by atoms with Gasteiger partial charge < -0.3 is 20.4 Å². The molecule has 1 saturated heterocycles. The number of urea groups is 1. The lowest BCUT2D eigenvalue weighted by Crippen LogP contribution is -2.54. The van der Waals surface area contributed by atoms with Gasteiger partial charge in [0.1, 0.15) is 0 Å². The van der Waals surface area contributed by atoms with Crippen molar-refractivity contribution in [3.8, 4) is 0 Å². The van der Waals surface area contributed by atoms with E-state index in [4.69, 9.17) is 5.73 Å². The van der Waals surface area contributed by atoms with Crippen molar-refractivity contribution in [2.45, 2.75) is 25.7 Å². The van der Waals surface area contributed by atoms with E-state index in [0.29, 0.717) is 32.1 Å². The molecule has 1 aliphatic carbocycles. The van der Waals surface area contributed by atoms with Crippen LogP contribution >= 0.6 is 0 Å². The lowest BCUT2D eigenvalue weighted by Gasteiger charge is -2.38. The second-order valence-corrected chi connectivity index (χ2v) is 6.44. The van der Waals surface area contributed by atoms with Crippen LogP contribution in [0.5, 0.6) is 0 Å². The third-order valence-electron chi connectivity index (χ3n) is 4.77. The fourth-order valence-corrected chi connectivity index (χ4v) is 3.30. The van der Waals surface area contributed by atoms with Gasteiger partial charge in [0, 0.05) is 46.2 Å². The van der Waals surface area contributed by atoms with Gasteiger partial charge in [0.2, 0.25) is 5.91 Å². The summed E-state index contributed by atoms with van der Waals surface area (Å²) in [5.41, 5.74) is 5.70. The highest BCUT2D eigenvalue weighted by Gasteiger charge is 2.31. The zero-order valence-electron chi connectivity index (χ0n) is 13.3. The Labute approximate surface area is 127 Å². The number of piperazine rings is 1. The molecule has 0 aromatic rings. The molecule has 6 nitrogen and oxygen atoms in total. The van der Waals surface area contributed by atoms with Crippen molar-refractivity contribution in [2.24, 2.45) is 17.6 Å². The minimum Gasteiger partial charge on any atom is -0.339 e. The molecule has 2 N–H and O–H groups in total. The minimum absolute atomic E-state index is 0.0329. The summed E-state index contributed by atoms with van der Waals surface area (Å²) in [4.78, 5) is 29.8. The predicted octanol–water partition coefficient (Wildman–Crippen LogP) is 0.577. The van der Waals surface area contributed by atoms with E-state index in [-0.39, 0.29) is 17.9 Å². The third-order valence-corrected chi connectivity index (χ3v) is 4.77. The van der Waals surface area contributed by atoms with Crippen LogP contribution in [0.15, 0.2) is 0 Å². The summed E-state index contributed by atoms with van der Waals surface area (Å²) in [6.45, 7) is 3.35. The monoisotopic (exact) mass is 296 g/mol. The van der Waals surface area contributed by atoms with Gasteiger partial charge in [-0.1, -0.05) is 0 Å². The van der Waals surface area contributed by atoms with E-state index in [1.807, 2.05) is 9.80 Å². The maximum atomic E-state index is 12.5. The third kappa shape index (κ3) is 3.87. The summed E-state index contributed by atoms with van der Waals surface area (Å²) in [6, 6.07) is 0.0329. The van der Waals surface area contributed by atoms with Crippen LogP contribution in [0.25, 0.3) is 0 Å². The lowest BCUT2D eigenvalue weighted by atomic mass is 9.81. The minimum atomic E-state index is 0.0329. The molecule has 0 bridgehead atoms. The van der Waals surface area contributed by atoms with Gasteiger partial charge in [-0.25, -0.2) is 4.79 Å². The smallest absolute Gasteiger partial charge is 0.319 e. The highest BCUT2D eigenvalue weighted by atomic mass is 16.2. The first-order valence-corrected chi connectivity index (χ1v) is 7.98. The van der Waals surface area contributed by atoms with Crippen LogP contribution in [-0.4, -0.2) is 73.5 Å². The molecule has 0 spiro atoms. The van der Waals surface area contributed by atoms with Crippen molar-refractivity contribution in [2.75, 3.05) is 46.8 Å². The van der Waals surface area contributed by atoms with Crippen LogP contribution in [0, 0.1) is 11.8 Å². The molecule has 1 saturated carbocycles. The second-order valence-electron chi connectivity index (χ2n) is 6.44. The fourth-order valence-electron chi connectivity index (χ4n) is 3.30. The molecule has 2 rings (SSSR count). The van der Waals surface area contributed by atoms with Crippen molar-refractivity contribution in [3.63, 3.8) is 0 Å². The largest absolute Gasteiger partial charge is 0.339 e. The Bertz CT molecular complexity index is 370.